The van der Waals surface area contributed by atoms with Crippen molar-refractivity contribution in [2.45, 2.75) is 126 Å². The predicted molar refractivity (Wildman–Crippen MR) is 194 cm³/mol. The number of carbonyl (C=O) groups is 2. The zero-order valence-electron chi connectivity index (χ0n) is 32.2. The molecule has 0 atom stereocenters. The van der Waals surface area contributed by atoms with Crippen LogP contribution in [0.5, 0.6) is 5.75 Å². The van der Waals surface area contributed by atoms with E-state index < -0.39 is 67.8 Å². The van der Waals surface area contributed by atoms with Crippen molar-refractivity contribution in [3.63, 3.8) is 0 Å². The number of carbonyl (C=O) groups excluding carboxylic acids is 2. The van der Waals surface area contributed by atoms with Crippen molar-refractivity contribution in [1.29, 1.82) is 0 Å². The summed E-state index contributed by atoms with van der Waals surface area (Å²) in [5.74, 6) is 0.286. The number of non-ortho nitro benzene ring substituents is 1. The van der Waals surface area contributed by atoms with E-state index in [9.17, 15) is 35.0 Å². The van der Waals surface area contributed by atoms with Gasteiger partial charge >= 0.3 is 12.1 Å². The molecule has 0 aliphatic carbocycles. The Hall–Kier alpha value is -2.91. The van der Waals surface area contributed by atoms with Crippen molar-refractivity contribution >= 4 is 17.8 Å². The number of nitro groups is 1. The highest BCUT2D eigenvalue weighted by atomic mass is 35.5. The minimum Gasteiger partial charge on any atom is -1.00 e. The van der Waals surface area contributed by atoms with Gasteiger partial charge in [-0.15, -0.1) is 0 Å². The van der Waals surface area contributed by atoms with E-state index in [-0.39, 0.29) is 58.1 Å². The number of quaternary nitrogens is 1. The smallest absolute Gasteiger partial charge is 0.412 e. The van der Waals surface area contributed by atoms with Gasteiger partial charge in [0.15, 0.2) is 0 Å². The van der Waals surface area contributed by atoms with E-state index in [0.717, 1.165) is 25.7 Å². The molecule has 0 saturated carbocycles. The summed E-state index contributed by atoms with van der Waals surface area (Å²) in [5, 5.41) is 77.4. The van der Waals surface area contributed by atoms with Gasteiger partial charge in [-0.2, -0.15) is 0 Å². The van der Waals surface area contributed by atoms with Crippen LogP contribution in [0.15, 0.2) is 24.3 Å². The molecule has 0 unspecified atom stereocenters. The molecule has 2 fully saturated rings. The third-order valence-corrected chi connectivity index (χ3v) is 8.66. The molecule has 19 heteroatoms. The Kier molecular flexibility index (Phi) is 19.5. The fourth-order valence-corrected chi connectivity index (χ4v) is 6.86. The molecule has 2 aliphatic heterocycles. The van der Waals surface area contributed by atoms with Crippen LogP contribution in [0.2, 0.25) is 0 Å². The van der Waals surface area contributed by atoms with Crippen LogP contribution in [0.4, 0.5) is 15.3 Å². The number of ether oxygens (including phenoxy) is 1. The Morgan fingerprint density at radius 1 is 0.811 bits per heavy atom. The maximum Gasteiger partial charge on any atom is 0.412 e. The average molecular weight is 782 g/mol. The molecule has 18 nitrogen and oxygen atoms in total. The molecular weight excluding hydrogens is 718 g/mol. The minimum absolute atomic E-state index is 0. The van der Waals surface area contributed by atoms with Gasteiger partial charge in [0.25, 0.3) is 5.69 Å². The number of aliphatic hydroxyl groups is 6. The molecule has 2 saturated heterocycles. The molecule has 14 N–H and O–H groups in total. The van der Waals surface area contributed by atoms with Crippen LogP contribution < -0.4 is 49.5 Å². The van der Waals surface area contributed by atoms with Crippen molar-refractivity contribution in [1.82, 2.24) is 21.3 Å². The molecule has 0 radical (unpaired) electrons. The van der Waals surface area contributed by atoms with Crippen LogP contribution in [0, 0.1) is 10.1 Å². The Bertz CT molecular complexity index is 1240. The topological polar surface area (TPSA) is 299 Å². The van der Waals surface area contributed by atoms with Crippen LogP contribution in [0.1, 0.15) is 81.1 Å². The highest BCUT2D eigenvalue weighted by molar-refractivity contribution is 5.75. The number of hydrogen-bond donors (Lipinski definition) is 12. The van der Waals surface area contributed by atoms with E-state index in [2.05, 4.69) is 82.0 Å². The number of urea groups is 1. The number of nitrogens with two attached hydrogens (primary N) is 2. The van der Waals surface area contributed by atoms with Crippen LogP contribution >= 0.6 is 0 Å². The van der Waals surface area contributed by atoms with Gasteiger partial charge in [-0.3, -0.25) is 10.1 Å². The van der Waals surface area contributed by atoms with Gasteiger partial charge in [0.2, 0.25) is 0 Å². The zero-order chi connectivity index (χ0) is 40.2. The van der Waals surface area contributed by atoms with Gasteiger partial charge in [0.1, 0.15) is 11.3 Å². The Labute approximate surface area is 318 Å². The van der Waals surface area contributed by atoms with E-state index >= 15 is 0 Å². The second-order valence-electron chi connectivity index (χ2n) is 16.7. The van der Waals surface area contributed by atoms with Gasteiger partial charge in [-0.25, -0.2) is 9.59 Å². The quantitative estimate of drug-likeness (QED) is 0.0753. The van der Waals surface area contributed by atoms with E-state index in [4.69, 9.17) is 25.8 Å². The molecule has 1 aromatic rings. The number of hydrogen-bond acceptors (Lipinski definition) is 13. The largest absolute Gasteiger partial charge is 1.00 e. The molecule has 0 spiro atoms. The fraction of sp³-hybridized carbons (Fsp3) is 0.765. The second kappa shape index (κ2) is 20.7. The first-order valence-electron chi connectivity index (χ1n) is 17.2. The van der Waals surface area contributed by atoms with E-state index in [1.54, 1.807) is 0 Å². The van der Waals surface area contributed by atoms with Gasteiger partial charge < -0.3 is 80.1 Å². The lowest BCUT2D eigenvalue weighted by molar-refractivity contribution is -0.788. The van der Waals surface area contributed by atoms with Gasteiger partial charge in [0, 0.05) is 48.1 Å². The lowest BCUT2D eigenvalue weighted by Crippen LogP contribution is -3.06. The molecule has 308 valence electrons. The first-order chi connectivity index (χ1) is 23.8. The second-order valence-corrected chi connectivity index (χ2v) is 16.7. The summed E-state index contributed by atoms with van der Waals surface area (Å²) >= 11 is 0. The molecule has 3 amide bonds. The summed E-state index contributed by atoms with van der Waals surface area (Å²) in [6, 6.07) is 4.97. The Balaban J connectivity index is 0.000000838. The number of nitro benzene ring substituents is 1. The van der Waals surface area contributed by atoms with Crippen molar-refractivity contribution in [3.8, 4) is 5.75 Å². The third-order valence-electron chi connectivity index (χ3n) is 8.66. The summed E-state index contributed by atoms with van der Waals surface area (Å²) in [7, 11) is 0. The first kappa shape index (κ1) is 50.1. The summed E-state index contributed by atoms with van der Waals surface area (Å²) in [5.41, 5.74) is 2.41. The zero-order valence-corrected chi connectivity index (χ0v) is 33.0. The molecule has 0 bridgehead atoms. The molecule has 2 aliphatic rings. The summed E-state index contributed by atoms with van der Waals surface area (Å²) in [4.78, 5) is 34.2. The van der Waals surface area contributed by atoms with E-state index in [1.807, 2.05) is 0 Å². The van der Waals surface area contributed by atoms with Crippen LogP contribution in [-0.2, 0) is 0 Å². The number of aliphatic hydroxyl groups excluding tert-OH is 6. The highest BCUT2D eigenvalue weighted by Crippen LogP contribution is 2.28. The number of nitrogens with one attached hydrogen (secondary N) is 4. The van der Waals surface area contributed by atoms with Crippen molar-refractivity contribution in [3.05, 3.63) is 34.4 Å². The molecular formula is C34H64ClN7O11. The molecule has 53 heavy (non-hydrogen) atoms. The van der Waals surface area contributed by atoms with Crippen LogP contribution in [0.25, 0.3) is 0 Å². The minimum atomic E-state index is -1.40. The number of benzene rings is 1. The highest BCUT2D eigenvalue weighted by Gasteiger charge is 2.42. The van der Waals surface area contributed by atoms with Gasteiger partial charge in [-0.05, 0) is 80.4 Å². The van der Waals surface area contributed by atoms with Crippen LogP contribution in [-0.4, -0.2) is 133 Å². The normalized spacial score (nSPS) is 19.1. The maximum absolute atomic E-state index is 12.0. The maximum atomic E-state index is 12.0. The van der Waals surface area contributed by atoms with E-state index in [1.165, 1.54) is 24.3 Å². The summed E-state index contributed by atoms with van der Waals surface area (Å²) in [6.45, 7) is 14.2. The summed E-state index contributed by atoms with van der Waals surface area (Å²) in [6.07, 6.45) is 2.72. The lowest BCUT2D eigenvalue weighted by atomic mass is 9.79. The predicted octanol–water partition coefficient (Wildman–Crippen LogP) is -4.06. The van der Waals surface area contributed by atoms with Gasteiger partial charge in [0.05, 0.1) is 61.2 Å². The van der Waals surface area contributed by atoms with Crippen LogP contribution in [0.3, 0.4) is 0 Å². The molecule has 1 aromatic carbocycles. The average Bonchev–Trinajstić information content (AvgIpc) is 3.01. The standard InChI is InChI=1S/C16H23N3O4.C14H29N3O4.C4H11NO3.ClH/c1-15(2)9-11(10-16(3,4)18-15)17-14(20)23-13-7-5-12(6-8-13)19(21)22;1-12(2)5-10(6-13(3,4)17-12)15-11(21)16-14(7-18,8-19)9-20;5-4(1-6,2-7)3-8;/h5-8,11,18H,9-10H2,1-4H3,(H,17,20);10,17-20H,5-9H2,1-4H3,(H2,15,16,21);6-8H,1-3,5H2;1H. The first-order valence-corrected chi connectivity index (χ1v) is 17.2. The Morgan fingerprint density at radius 2 is 1.23 bits per heavy atom. The Morgan fingerprint density at radius 3 is 1.58 bits per heavy atom. The number of nitrogens with zero attached hydrogens (tertiary/aromatic N) is 1. The van der Waals surface area contributed by atoms with Crippen molar-refractivity contribution in [2.24, 2.45) is 5.73 Å². The SMILES string of the molecule is CC1(C)CC(NC(=O)NC(CO)(CO)CO)CC(C)(C)N1.CC1(C)CC(NC(=O)Oc2ccc([N+](=O)[O-])cc2)CC(C)(C)[NH2+]1.NC(CO)(CO)CO.[Cl-]. The number of piperidine rings is 2. The fourth-order valence-electron chi connectivity index (χ4n) is 6.86. The molecule has 3 rings (SSSR count). The number of halogens is 1. The number of rotatable bonds is 11. The van der Waals surface area contributed by atoms with Crippen molar-refractivity contribution in [2.75, 3.05) is 39.6 Å². The monoisotopic (exact) mass is 781 g/mol. The van der Waals surface area contributed by atoms with E-state index in [0.29, 0.717) is 0 Å². The van der Waals surface area contributed by atoms with Crippen molar-refractivity contribution < 1.29 is 67.6 Å². The number of amides is 3. The summed E-state index contributed by atoms with van der Waals surface area (Å²) < 4.78 is 5.21. The third kappa shape index (κ3) is 17.9. The molecule has 2 heterocycles. The van der Waals surface area contributed by atoms with Gasteiger partial charge in [-0.1, -0.05) is 0 Å². The lowest BCUT2D eigenvalue weighted by Gasteiger charge is -2.46. The molecule has 0 aromatic heterocycles.